The van der Waals surface area contributed by atoms with Crippen molar-refractivity contribution >= 4 is 40.4 Å². The van der Waals surface area contributed by atoms with Crippen molar-refractivity contribution in [3.63, 3.8) is 0 Å². The molecule has 212 valence electrons. The van der Waals surface area contributed by atoms with Gasteiger partial charge < -0.3 is 14.4 Å². The van der Waals surface area contributed by atoms with Gasteiger partial charge in [0.25, 0.3) is 5.56 Å². The third-order valence-corrected chi connectivity index (χ3v) is 11.6. The van der Waals surface area contributed by atoms with Crippen molar-refractivity contribution in [1.82, 2.24) is 9.55 Å². The molecule has 0 aliphatic carbocycles. The van der Waals surface area contributed by atoms with Gasteiger partial charge in [0.1, 0.15) is 12.4 Å². The maximum Gasteiger partial charge on any atom is 0.343 e. The number of hydrogen-bond donors (Lipinski definition) is 1. The van der Waals surface area contributed by atoms with E-state index in [9.17, 15) is 19.1 Å². The molecule has 2 unspecified atom stereocenters. The summed E-state index contributed by atoms with van der Waals surface area (Å²) >= 11 is 3.94. The number of aryl methyl sites for hydroxylation is 1. The first-order valence-corrected chi connectivity index (χ1v) is 16.2. The number of ether oxygens (including phenoxy) is 1. The summed E-state index contributed by atoms with van der Waals surface area (Å²) in [7, 11) is 0. The number of cyclic esters (lactones) is 1. The van der Waals surface area contributed by atoms with E-state index >= 15 is 0 Å². The van der Waals surface area contributed by atoms with Gasteiger partial charge >= 0.3 is 5.97 Å². The Labute approximate surface area is 242 Å². The number of hydrogen-bond acceptors (Lipinski definition) is 7. The number of fused-ring (bicyclic) bond motifs is 5. The molecule has 1 fully saturated rings. The maximum atomic E-state index is 14.9. The minimum absolute atomic E-state index is 0.0857. The van der Waals surface area contributed by atoms with Gasteiger partial charge in [-0.25, -0.2) is 14.2 Å². The third kappa shape index (κ3) is 4.40. The van der Waals surface area contributed by atoms with E-state index in [1.54, 1.807) is 17.6 Å². The molecule has 2 aromatic heterocycles. The van der Waals surface area contributed by atoms with Crippen LogP contribution in [0, 0.1) is 11.7 Å². The van der Waals surface area contributed by atoms with Gasteiger partial charge in [0.15, 0.2) is 5.60 Å². The molecule has 9 heteroatoms. The van der Waals surface area contributed by atoms with Gasteiger partial charge in [-0.15, -0.1) is 0 Å². The Hall–Kier alpha value is -2.36. The van der Waals surface area contributed by atoms with Crippen LogP contribution in [0.4, 0.5) is 4.39 Å². The van der Waals surface area contributed by atoms with Gasteiger partial charge in [0, 0.05) is 33.1 Å². The topological polar surface area (TPSA) is 81.4 Å². The fraction of sp³-hybridized carbons (Fsp3) is 0.516. The molecular weight excluding hydrogens is 547 g/mol. The molecule has 0 bridgehead atoms. The number of aliphatic hydroxyl groups is 1. The lowest BCUT2D eigenvalue weighted by Gasteiger charge is -2.39. The second-order valence-corrected chi connectivity index (χ2v) is 14.4. The van der Waals surface area contributed by atoms with E-state index in [1.807, 2.05) is 24.8 Å². The van der Waals surface area contributed by atoms with Crippen LogP contribution in [0.1, 0.15) is 74.8 Å². The number of esters is 1. The van der Waals surface area contributed by atoms with Crippen LogP contribution in [-0.2, 0) is 40.5 Å². The predicted octanol–water partition coefficient (Wildman–Crippen LogP) is 5.94. The van der Waals surface area contributed by atoms with Crippen molar-refractivity contribution in [2.24, 2.45) is 5.92 Å². The second kappa shape index (κ2) is 10.2. The highest BCUT2D eigenvalue weighted by atomic mass is 32.2. The number of benzene rings is 1. The average Bonchev–Trinajstić information content (AvgIpc) is 3.28. The van der Waals surface area contributed by atoms with E-state index in [0.29, 0.717) is 51.7 Å². The van der Waals surface area contributed by atoms with Crippen molar-refractivity contribution < 1.29 is 19.0 Å². The fourth-order valence-electron chi connectivity index (χ4n) is 6.43. The first kappa shape index (κ1) is 27.8. The zero-order valence-electron chi connectivity index (χ0n) is 23.4. The van der Waals surface area contributed by atoms with E-state index in [2.05, 4.69) is 25.6 Å². The number of carbonyl (C=O) groups excluding carboxylic acids is 1. The number of nitrogens with zero attached hydrogens (tertiary/aromatic N) is 2. The smallest absolute Gasteiger partial charge is 0.343 e. The lowest BCUT2D eigenvalue weighted by atomic mass is 9.86. The molecule has 1 saturated heterocycles. The van der Waals surface area contributed by atoms with E-state index in [4.69, 9.17) is 9.72 Å². The van der Waals surface area contributed by atoms with Crippen molar-refractivity contribution in [3.05, 3.63) is 62.2 Å². The molecular formula is C31H35FN2O4S2. The van der Waals surface area contributed by atoms with Crippen molar-refractivity contribution in [2.45, 2.75) is 82.6 Å². The average molecular weight is 583 g/mol. The Morgan fingerprint density at radius 3 is 2.70 bits per heavy atom. The summed E-state index contributed by atoms with van der Waals surface area (Å²) in [5, 5.41) is 12.1. The number of rotatable bonds is 8. The Kier molecular flexibility index (Phi) is 7.07. The van der Waals surface area contributed by atoms with Crippen molar-refractivity contribution in [2.75, 3.05) is 11.5 Å². The molecule has 5 heterocycles. The van der Waals surface area contributed by atoms with Crippen LogP contribution in [0.2, 0.25) is 0 Å². The summed E-state index contributed by atoms with van der Waals surface area (Å²) in [5.41, 5.74) is 2.84. The zero-order chi connectivity index (χ0) is 28.4. The number of aromatic nitrogens is 2. The SMILES string of the molecule is CCc1cc2c(CSCC(C)CC3(C)CCS3)c3c(nc2cc1F)-c1cc2c(c(=O)n1C3)COC(=O)[C@]2(O)CC. The molecule has 3 aliphatic rings. The van der Waals surface area contributed by atoms with Crippen LogP contribution in [-0.4, -0.2) is 36.9 Å². The minimum Gasteiger partial charge on any atom is -0.458 e. The maximum absolute atomic E-state index is 14.9. The molecule has 1 aromatic carbocycles. The van der Waals surface area contributed by atoms with Crippen LogP contribution in [0.25, 0.3) is 22.3 Å². The minimum atomic E-state index is -1.88. The van der Waals surface area contributed by atoms with E-state index in [-0.39, 0.29) is 30.0 Å². The van der Waals surface area contributed by atoms with Crippen LogP contribution >= 0.6 is 23.5 Å². The van der Waals surface area contributed by atoms with Gasteiger partial charge in [-0.3, -0.25) is 4.79 Å². The molecule has 0 spiro atoms. The van der Waals surface area contributed by atoms with Crippen LogP contribution < -0.4 is 5.56 Å². The highest BCUT2D eigenvalue weighted by Crippen LogP contribution is 2.46. The van der Waals surface area contributed by atoms with Gasteiger partial charge in [0.05, 0.1) is 29.0 Å². The van der Waals surface area contributed by atoms with E-state index < -0.39 is 11.6 Å². The molecule has 0 radical (unpaired) electrons. The zero-order valence-corrected chi connectivity index (χ0v) is 25.1. The van der Waals surface area contributed by atoms with Gasteiger partial charge in [-0.05, 0) is 66.4 Å². The van der Waals surface area contributed by atoms with Gasteiger partial charge in [0.2, 0.25) is 0 Å². The number of carbonyl (C=O) groups is 1. The predicted molar refractivity (Wildman–Crippen MR) is 159 cm³/mol. The molecule has 1 N–H and O–H groups in total. The lowest BCUT2D eigenvalue weighted by molar-refractivity contribution is -0.172. The number of thioether (sulfide) groups is 2. The standard InChI is InChI=1S/C31H35FN2O4S2/c1-5-18-9-19-22(16-39-15-17(3)12-30(4)7-8-40-30)20-13-34-26(27(20)33-25(19)11-24(18)32)10-23-21(28(34)35)14-38-29(36)31(23,37)6-2/h9-11,17,37H,5-8,12-16H2,1-4H3/t17?,30?,31-/m0/s1. The molecule has 0 saturated carbocycles. The Morgan fingerprint density at radius 2 is 2.02 bits per heavy atom. The summed E-state index contributed by atoms with van der Waals surface area (Å²) in [6.45, 7) is 8.49. The number of pyridine rings is 2. The molecule has 3 aliphatic heterocycles. The molecule has 3 atom stereocenters. The fourth-order valence-corrected chi connectivity index (χ4v) is 8.91. The van der Waals surface area contributed by atoms with Gasteiger partial charge in [-0.2, -0.15) is 23.5 Å². The summed E-state index contributed by atoms with van der Waals surface area (Å²) < 4.78 is 22.2. The van der Waals surface area contributed by atoms with Crippen LogP contribution in [0.3, 0.4) is 0 Å². The number of halogens is 1. The summed E-state index contributed by atoms with van der Waals surface area (Å²) in [6.07, 6.45) is 3.14. The molecule has 6 nitrogen and oxygen atoms in total. The normalized spacial score (nSPS) is 23.8. The highest BCUT2D eigenvalue weighted by Gasteiger charge is 2.45. The Bertz CT molecular complexity index is 1600. The van der Waals surface area contributed by atoms with Crippen molar-refractivity contribution in [1.29, 1.82) is 0 Å². The quantitative estimate of drug-likeness (QED) is 0.258. The van der Waals surface area contributed by atoms with Gasteiger partial charge in [-0.1, -0.05) is 27.7 Å². The Balaban J connectivity index is 1.44. The third-order valence-electron chi connectivity index (χ3n) is 8.87. The second-order valence-electron chi connectivity index (χ2n) is 11.7. The molecule has 3 aromatic rings. The summed E-state index contributed by atoms with van der Waals surface area (Å²) in [6, 6.07) is 5.14. The Morgan fingerprint density at radius 1 is 1.25 bits per heavy atom. The largest absolute Gasteiger partial charge is 0.458 e. The van der Waals surface area contributed by atoms with Crippen LogP contribution in [0.15, 0.2) is 23.0 Å². The van der Waals surface area contributed by atoms with E-state index in [0.717, 1.165) is 28.0 Å². The summed E-state index contributed by atoms with van der Waals surface area (Å²) in [5.74, 6) is 2.54. The monoisotopic (exact) mass is 582 g/mol. The highest BCUT2D eigenvalue weighted by molar-refractivity contribution is 8.02. The van der Waals surface area contributed by atoms with Crippen LogP contribution in [0.5, 0.6) is 0 Å². The summed E-state index contributed by atoms with van der Waals surface area (Å²) in [4.78, 5) is 31.1. The molecule has 40 heavy (non-hydrogen) atoms. The van der Waals surface area contributed by atoms with Crippen molar-refractivity contribution in [3.8, 4) is 11.4 Å². The first-order valence-electron chi connectivity index (χ1n) is 14.1. The first-order chi connectivity index (χ1) is 19.1. The van der Waals surface area contributed by atoms with E-state index in [1.165, 1.54) is 24.7 Å². The molecule has 0 amide bonds. The molecule has 6 rings (SSSR count). The lowest BCUT2D eigenvalue weighted by Crippen LogP contribution is -2.44.